The van der Waals surface area contributed by atoms with Crippen molar-refractivity contribution in [2.45, 2.75) is 37.1 Å². The van der Waals surface area contributed by atoms with Crippen LogP contribution in [0, 0.1) is 5.82 Å². The number of hydrogen-bond acceptors (Lipinski definition) is 3. The van der Waals surface area contributed by atoms with E-state index in [1.165, 1.54) is 12.1 Å². The molecule has 5 nitrogen and oxygen atoms in total. The van der Waals surface area contributed by atoms with E-state index >= 15 is 0 Å². The molecule has 2 aliphatic carbocycles. The molecule has 0 atom stereocenters. The van der Waals surface area contributed by atoms with Crippen LogP contribution in [0.1, 0.15) is 31.2 Å². The van der Waals surface area contributed by atoms with Crippen molar-refractivity contribution in [3.8, 4) is 0 Å². The minimum Gasteiger partial charge on any atom is -0.352 e. The molecule has 4 rings (SSSR count). The quantitative estimate of drug-likeness (QED) is 0.875. The smallest absolute Gasteiger partial charge is 0.234 e. The first-order valence-corrected chi connectivity index (χ1v) is 9.14. The van der Waals surface area contributed by atoms with Gasteiger partial charge in [-0.05, 0) is 43.4 Å². The minimum atomic E-state index is -0.445. The molecule has 0 spiro atoms. The highest BCUT2D eigenvalue weighted by Gasteiger charge is 2.53. The first-order valence-electron chi connectivity index (χ1n) is 9.14. The lowest BCUT2D eigenvalue weighted by Crippen LogP contribution is -2.53. The van der Waals surface area contributed by atoms with E-state index in [2.05, 4.69) is 10.2 Å². The molecule has 0 unspecified atom stereocenters. The topological polar surface area (TPSA) is 52.7 Å². The van der Waals surface area contributed by atoms with Gasteiger partial charge in [-0.1, -0.05) is 12.1 Å². The van der Waals surface area contributed by atoms with Crippen LogP contribution in [0.4, 0.5) is 4.39 Å². The van der Waals surface area contributed by atoms with Gasteiger partial charge in [0.1, 0.15) is 5.82 Å². The molecule has 2 amide bonds. The van der Waals surface area contributed by atoms with Crippen LogP contribution in [0.3, 0.4) is 0 Å². The zero-order valence-corrected chi connectivity index (χ0v) is 14.3. The number of nitrogens with one attached hydrogen (secondary N) is 1. The lowest BCUT2D eigenvalue weighted by Gasteiger charge is -2.36. The van der Waals surface area contributed by atoms with Crippen LogP contribution >= 0.6 is 0 Å². The number of rotatable bonds is 5. The summed E-state index contributed by atoms with van der Waals surface area (Å²) in [4.78, 5) is 28.9. The molecule has 1 aromatic carbocycles. The summed E-state index contributed by atoms with van der Waals surface area (Å²) in [5, 5.41) is 3.00. The zero-order chi connectivity index (χ0) is 17.4. The van der Waals surface area contributed by atoms with Gasteiger partial charge >= 0.3 is 0 Å². The number of nitrogens with zero attached hydrogens (tertiary/aromatic N) is 2. The molecule has 1 aliphatic heterocycles. The molecule has 0 radical (unpaired) electrons. The van der Waals surface area contributed by atoms with Crippen molar-refractivity contribution < 1.29 is 14.0 Å². The van der Waals surface area contributed by atoms with Crippen molar-refractivity contribution in [2.24, 2.45) is 0 Å². The second-order valence-electron chi connectivity index (χ2n) is 7.50. The van der Waals surface area contributed by atoms with Crippen LogP contribution in [0.2, 0.25) is 0 Å². The second kappa shape index (κ2) is 6.41. The highest BCUT2D eigenvalue weighted by Crippen LogP contribution is 2.49. The molecule has 6 heteroatoms. The third kappa shape index (κ3) is 3.54. The predicted octanol–water partition coefficient (Wildman–Crippen LogP) is 1.28. The Morgan fingerprint density at radius 3 is 2.28 bits per heavy atom. The molecule has 134 valence electrons. The van der Waals surface area contributed by atoms with E-state index < -0.39 is 5.41 Å². The highest BCUT2D eigenvalue weighted by molar-refractivity contribution is 5.91. The van der Waals surface area contributed by atoms with Gasteiger partial charge in [0.05, 0.1) is 12.0 Å². The third-order valence-corrected chi connectivity index (χ3v) is 5.53. The van der Waals surface area contributed by atoms with E-state index in [9.17, 15) is 14.0 Å². The largest absolute Gasteiger partial charge is 0.352 e. The lowest BCUT2D eigenvalue weighted by molar-refractivity contribution is -0.136. The number of halogens is 1. The van der Waals surface area contributed by atoms with Gasteiger partial charge in [0, 0.05) is 32.2 Å². The maximum absolute atomic E-state index is 13.1. The second-order valence-corrected chi connectivity index (χ2v) is 7.50. The Bertz CT molecular complexity index is 660. The van der Waals surface area contributed by atoms with Crippen LogP contribution < -0.4 is 5.32 Å². The molecule has 0 bridgehead atoms. The number of carbonyl (C=O) groups is 2. The fourth-order valence-corrected chi connectivity index (χ4v) is 3.64. The van der Waals surface area contributed by atoms with Crippen LogP contribution in [0.15, 0.2) is 24.3 Å². The monoisotopic (exact) mass is 345 g/mol. The molecule has 0 aromatic heterocycles. The Balaban J connectivity index is 1.32. The van der Waals surface area contributed by atoms with Crippen LogP contribution in [-0.4, -0.2) is 60.4 Å². The van der Waals surface area contributed by atoms with Crippen LogP contribution in [0.25, 0.3) is 0 Å². The average Bonchev–Trinajstić information content (AvgIpc) is 3.51. The number of amides is 2. The van der Waals surface area contributed by atoms with Gasteiger partial charge < -0.3 is 10.2 Å². The normalized spacial score (nSPS) is 22.5. The van der Waals surface area contributed by atoms with Crippen LogP contribution in [0.5, 0.6) is 0 Å². The predicted molar refractivity (Wildman–Crippen MR) is 91.5 cm³/mol. The van der Waals surface area contributed by atoms with Gasteiger partial charge in [-0.2, -0.15) is 0 Å². The summed E-state index contributed by atoms with van der Waals surface area (Å²) < 4.78 is 13.1. The molecular formula is C19H24FN3O2. The SMILES string of the molecule is O=C(CN1CCN(C(=O)C2(c3ccc(F)cc3)CC2)CC1)NC1CC1. The van der Waals surface area contributed by atoms with Crippen molar-refractivity contribution in [3.63, 3.8) is 0 Å². The highest BCUT2D eigenvalue weighted by atomic mass is 19.1. The fourth-order valence-electron chi connectivity index (χ4n) is 3.64. The molecule has 25 heavy (non-hydrogen) atoms. The summed E-state index contributed by atoms with van der Waals surface area (Å²) >= 11 is 0. The number of carbonyl (C=O) groups excluding carboxylic acids is 2. The van der Waals surface area contributed by atoms with Crippen LogP contribution in [-0.2, 0) is 15.0 Å². The summed E-state index contributed by atoms with van der Waals surface area (Å²) in [7, 11) is 0. The molecule has 1 N–H and O–H groups in total. The van der Waals surface area contributed by atoms with Gasteiger partial charge in [0.25, 0.3) is 0 Å². The first-order chi connectivity index (χ1) is 12.1. The van der Waals surface area contributed by atoms with Gasteiger partial charge in [-0.3, -0.25) is 14.5 Å². The van der Waals surface area contributed by atoms with E-state index in [0.717, 1.165) is 44.3 Å². The van der Waals surface area contributed by atoms with Crippen molar-refractivity contribution >= 4 is 11.8 Å². The molecule has 3 fully saturated rings. The maximum atomic E-state index is 13.1. The summed E-state index contributed by atoms with van der Waals surface area (Å²) in [5.41, 5.74) is 0.476. The Hall–Kier alpha value is -1.95. The Morgan fingerprint density at radius 1 is 1.08 bits per heavy atom. The van der Waals surface area contributed by atoms with Crippen molar-refractivity contribution in [1.29, 1.82) is 0 Å². The summed E-state index contributed by atoms with van der Waals surface area (Å²) in [5.74, 6) is -0.0291. The Labute approximate surface area is 147 Å². The zero-order valence-electron chi connectivity index (χ0n) is 14.3. The van der Waals surface area contributed by atoms with E-state index in [4.69, 9.17) is 0 Å². The fraction of sp³-hybridized carbons (Fsp3) is 0.579. The Kier molecular flexibility index (Phi) is 4.23. The molecular weight excluding hydrogens is 321 g/mol. The van der Waals surface area contributed by atoms with Crippen molar-refractivity contribution in [1.82, 2.24) is 15.1 Å². The lowest BCUT2D eigenvalue weighted by atomic mass is 9.94. The minimum absolute atomic E-state index is 0.0900. The summed E-state index contributed by atoms with van der Waals surface area (Å²) in [6.07, 6.45) is 3.86. The number of piperazine rings is 1. The van der Waals surface area contributed by atoms with E-state index in [0.29, 0.717) is 25.7 Å². The first kappa shape index (κ1) is 16.5. The molecule has 1 aromatic rings. The average molecular weight is 345 g/mol. The Morgan fingerprint density at radius 2 is 1.72 bits per heavy atom. The van der Waals surface area contributed by atoms with E-state index in [1.807, 2.05) is 4.90 Å². The molecule has 3 aliphatic rings. The molecule has 2 saturated carbocycles. The van der Waals surface area contributed by atoms with Crippen molar-refractivity contribution in [3.05, 3.63) is 35.6 Å². The van der Waals surface area contributed by atoms with E-state index in [-0.39, 0.29) is 17.6 Å². The summed E-state index contributed by atoms with van der Waals surface area (Å²) in [6, 6.07) is 6.72. The standard InChI is InChI=1S/C19H24FN3O2/c20-15-3-1-14(2-4-15)19(7-8-19)18(25)23-11-9-22(10-12-23)13-17(24)21-16-5-6-16/h1-4,16H,5-13H2,(H,21,24). The van der Waals surface area contributed by atoms with Gasteiger partial charge in [0.2, 0.25) is 11.8 Å². The van der Waals surface area contributed by atoms with E-state index in [1.54, 1.807) is 12.1 Å². The number of hydrogen-bond donors (Lipinski definition) is 1. The van der Waals surface area contributed by atoms with Crippen molar-refractivity contribution in [2.75, 3.05) is 32.7 Å². The maximum Gasteiger partial charge on any atom is 0.234 e. The van der Waals surface area contributed by atoms with Gasteiger partial charge in [-0.15, -0.1) is 0 Å². The number of benzene rings is 1. The third-order valence-electron chi connectivity index (χ3n) is 5.53. The molecule has 1 heterocycles. The molecule has 1 saturated heterocycles. The summed E-state index contributed by atoms with van der Waals surface area (Å²) in [6.45, 7) is 3.17. The van der Waals surface area contributed by atoms with Gasteiger partial charge in [0.15, 0.2) is 0 Å². The van der Waals surface area contributed by atoms with Gasteiger partial charge in [-0.25, -0.2) is 4.39 Å².